The van der Waals surface area contributed by atoms with Crippen LogP contribution in [0.2, 0.25) is 0 Å². The summed E-state index contributed by atoms with van der Waals surface area (Å²) >= 11 is 0. The predicted molar refractivity (Wildman–Crippen MR) is 81.9 cm³/mol. The molecule has 110 valence electrons. The summed E-state index contributed by atoms with van der Waals surface area (Å²) in [5, 5.41) is 12.5. The van der Waals surface area contributed by atoms with Crippen LogP contribution >= 0.6 is 0 Å². The molecule has 0 saturated heterocycles. The molecule has 0 fully saturated rings. The first kappa shape index (κ1) is 14.6. The van der Waals surface area contributed by atoms with E-state index in [2.05, 4.69) is 55.6 Å². The van der Waals surface area contributed by atoms with Gasteiger partial charge in [0.25, 0.3) is 0 Å². The Balaban J connectivity index is 2.05. The Kier molecular flexibility index (Phi) is 4.47. The maximum atomic E-state index is 4.54. The van der Waals surface area contributed by atoms with E-state index in [1.807, 2.05) is 16.3 Å². The molecule has 1 N–H and O–H groups in total. The van der Waals surface area contributed by atoms with Gasteiger partial charge in [-0.15, -0.1) is 0 Å². The van der Waals surface area contributed by atoms with Crippen LogP contribution in [0.25, 0.3) is 0 Å². The van der Waals surface area contributed by atoms with E-state index in [1.165, 1.54) is 5.56 Å². The van der Waals surface area contributed by atoms with Gasteiger partial charge in [0, 0.05) is 37.1 Å². The van der Waals surface area contributed by atoms with Crippen molar-refractivity contribution in [3.05, 3.63) is 29.3 Å². The molecule has 0 atom stereocenters. The number of aromatic nitrogens is 4. The molecule has 0 bridgehead atoms. The van der Waals surface area contributed by atoms with E-state index in [-0.39, 0.29) is 0 Å². The molecule has 0 aliphatic carbocycles. The van der Waals surface area contributed by atoms with Crippen LogP contribution < -0.4 is 5.32 Å². The fraction of sp³-hybridized carbons (Fsp3) is 0.600. The minimum absolute atomic E-state index is 0.400. The molecule has 5 nitrogen and oxygen atoms in total. The van der Waals surface area contributed by atoms with Gasteiger partial charge in [-0.3, -0.25) is 9.36 Å². The fourth-order valence-electron chi connectivity index (χ4n) is 2.18. The quantitative estimate of drug-likeness (QED) is 0.880. The summed E-state index contributed by atoms with van der Waals surface area (Å²) in [6.45, 7) is 12.3. The largest absolute Gasteiger partial charge is 0.378 e. The lowest BCUT2D eigenvalue weighted by molar-refractivity contribution is 0.529. The molecule has 0 aliphatic heterocycles. The lowest BCUT2D eigenvalue weighted by Crippen LogP contribution is -2.01. The van der Waals surface area contributed by atoms with Gasteiger partial charge in [-0.25, -0.2) is 0 Å². The summed E-state index contributed by atoms with van der Waals surface area (Å²) in [6, 6.07) is 0.400. The minimum Gasteiger partial charge on any atom is -0.378 e. The monoisotopic (exact) mass is 275 g/mol. The van der Waals surface area contributed by atoms with Crippen molar-refractivity contribution in [2.45, 2.75) is 60.2 Å². The highest BCUT2D eigenvalue weighted by Gasteiger charge is 2.09. The Hall–Kier alpha value is -1.78. The highest BCUT2D eigenvalue weighted by atomic mass is 15.3. The molecule has 2 rings (SSSR count). The summed E-state index contributed by atoms with van der Waals surface area (Å²) in [7, 11) is 0. The van der Waals surface area contributed by atoms with E-state index >= 15 is 0 Å². The van der Waals surface area contributed by atoms with Crippen molar-refractivity contribution < 1.29 is 0 Å². The summed E-state index contributed by atoms with van der Waals surface area (Å²) in [6.07, 6.45) is 5.31. The van der Waals surface area contributed by atoms with Crippen molar-refractivity contribution in [3.63, 3.8) is 0 Å². The van der Waals surface area contributed by atoms with E-state index < -0.39 is 0 Å². The second kappa shape index (κ2) is 6.11. The highest BCUT2D eigenvalue weighted by molar-refractivity contribution is 5.46. The van der Waals surface area contributed by atoms with Crippen molar-refractivity contribution >= 4 is 5.69 Å². The van der Waals surface area contributed by atoms with Crippen molar-refractivity contribution in [3.8, 4) is 0 Å². The lowest BCUT2D eigenvalue weighted by Gasteiger charge is -2.04. The third kappa shape index (κ3) is 3.21. The smallest absolute Gasteiger partial charge is 0.0825 e. The number of nitrogens with one attached hydrogen (secondary N) is 1. The van der Waals surface area contributed by atoms with Gasteiger partial charge in [-0.2, -0.15) is 10.2 Å². The van der Waals surface area contributed by atoms with E-state index in [9.17, 15) is 0 Å². The number of rotatable bonds is 6. The molecule has 2 heterocycles. The average molecular weight is 275 g/mol. The zero-order valence-electron chi connectivity index (χ0n) is 13.1. The molecule has 2 aromatic heterocycles. The lowest BCUT2D eigenvalue weighted by atomic mass is 10.2. The first-order valence-electron chi connectivity index (χ1n) is 7.33. The van der Waals surface area contributed by atoms with Crippen molar-refractivity contribution in [2.75, 3.05) is 5.32 Å². The molecule has 5 heteroatoms. The molecular formula is C15H25N5. The summed E-state index contributed by atoms with van der Waals surface area (Å²) in [4.78, 5) is 0. The van der Waals surface area contributed by atoms with Crippen molar-refractivity contribution in [1.82, 2.24) is 19.6 Å². The second-order valence-corrected chi connectivity index (χ2v) is 5.56. The number of aryl methyl sites for hydroxylation is 3. The van der Waals surface area contributed by atoms with Gasteiger partial charge in [-0.1, -0.05) is 6.92 Å². The van der Waals surface area contributed by atoms with Crippen molar-refractivity contribution in [1.29, 1.82) is 0 Å². The second-order valence-electron chi connectivity index (χ2n) is 5.56. The van der Waals surface area contributed by atoms with Crippen LogP contribution in [-0.2, 0) is 13.1 Å². The zero-order valence-corrected chi connectivity index (χ0v) is 13.1. The first-order chi connectivity index (χ1) is 9.51. The van der Waals surface area contributed by atoms with Gasteiger partial charge in [0.05, 0.1) is 17.1 Å². The number of hydrogen-bond acceptors (Lipinski definition) is 3. The normalized spacial score (nSPS) is 11.3. The molecule has 0 unspecified atom stereocenters. The standard InChI is InChI=1S/C15H25N5/c1-6-7-19-10-15(13(5)17-19)16-8-14-9-20(11(2)3)18-12(14)4/h9-11,16H,6-8H2,1-5H3. The Bertz CT molecular complexity index is 565. The number of hydrogen-bond donors (Lipinski definition) is 1. The Morgan fingerprint density at radius 1 is 1.15 bits per heavy atom. The molecule has 0 saturated carbocycles. The Labute approximate surface area is 121 Å². The summed E-state index contributed by atoms with van der Waals surface area (Å²) in [5.41, 5.74) is 4.48. The Morgan fingerprint density at radius 3 is 2.50 bits per heavy atom. The van der Waals surface area contributed by atoms with Crippen LogP contribution in [0.5, 0.6) is 0 Å². The van der Waals surface area contributed by atoms with Gasteiger partial charge in [0.2, 0.25) is 0 Å². The SMILES string of the molecule is CCCn1cc(NCc2cn(C(C)C)nc2C)c(C)n1. The van der Waals surface area contributed by atoms with Gasteiger partial charge in [0.1, 0.15) is 0 Å². The molecule has 0 aliphatic rings. The molecule has 0 amide bonds. The average Bonchev–Trinajstić information content (AvgIpc) is 2.91. The molecule has 0 spiro atoms. The molecular weight excluding hydrogens is 250 g/mol. The molecule has 0 radical (unpaired) electrons. The third-order valence-electron chi connectivity index (χ3n) is 3.42. The maximum absolute atomic E-state index is 4.54. The van der Waals surface area contributed by atoms with Crippen LogP contribution in [0, 0.1) is 13.8 Å². The summed E-state index contributed by atoms with van der Waals surface area (Å²) < 4.78 is 4.02. The highest BCUT2D eigenvalue weighted by Crippen LogP contribution is 2.16. The van der Waals surface area contributed by atoms with Gasteiger partial charge in [0.15, 0.2) is 0 Å². The number of anilines is 1. The van der Waals surface area contributed by atoms with Gasteiger partial charge >= 0.3 is 0 Å². The molecule has 0 aromatic carbocycles. The van der Waals surface area contributed by atoms with Crippen molar-refractivity contribution in [2.24, 2.45) is 0 Å². The van der Waals surface area contributed by atoms with Crippen LogP contribution in [0.15, 0.2) is 12.4 Å². The van der Waals surface area contributed by atoms with E-state index in [0.29, 0.717) is 6.04 Å². The number of nitrogens with zero attached hydrogens (tertiary/aromatic N) is 4. The Morgan fingerprint density at radius 2 is 1.90 bits per heavy atom. The van der Waals surface area contributed by atoms with E-state index in [1.54, 1.807) is 0 Å². The fourth-order valence-corrected chi connectivity index (χ4v) is 2.18. The zero-order chi connectivity index (χ0) is 14.7. The maximum Gasteiger partial charge on any atom is 0.0825 e. The van der Waals surface area contributed by atoms with Gasteiger partial charge in [-0.05, 0) is 34.1 Å². The van der Waals surface area contributed by atoms with E-state index in [0.717, 1.165) is 36.6 Å². The predicted octanol–water partition coefficient (Wildman–Crippen LogP) is 3.30. The van der Waals surface area contributed by atoms with Gasteiger partial charge < -0.3 is 5.32 Å². The first-order valence-corrected chi connectivity index (χ1v) is 7.33. The molecule has 2 aromatic rings. The summed E-state index contributed by atoms with van der Waals surface area (Å²) in [5.74, 6) is 0. The van der Waals surface area contributed by atoms with Crippen LogP contribution in [0.3, 0.4) is 0 Å². The van der Waals surface area contributed by atoms with Crippen LogP contribution in [-0.4, -0.2) is 19.6 Å². The minimum atomic E-state index is 0.400. The topological polar surface area (TPSA) is 47.7 Å². The van der Waals surface area contributed by atoms with E-state index in [4.69, 9.17) is 0 Å². The van der Waals surface area contributed by atoms with Crippen LogP contribution in [0.4, 0.5) is 5.69 Å². The molecule has 20 heavy (non-hydrogen) atoms. The third-order valence-corrected chi connectivity index (χ3v) is 3.42. The van der Waals surface area contributed by atoms with Crippen LogP contribution in [0.1, 0.15) is 50.2 Å².